The van der Waals surface area contributed by atoms with Crippen molar-refractivity contribution in [2.75, 3.05) is 29.3 Å². The molecule has 3 aromatic rings. The van der Waals surface area contributed by atoms with Crippen LogP contribution < -0.4 is 20.7 Å². The summed E-state index contributed by atoms with van der Waals surface area (Å²) in [6, 6.07) is 12.7. The molecule has 3 amide bonds. The second-order valence-corrected chi connectivity index (χ2v) is 13.3. The van der Waals surface area contributed by atoms with Crippen LogP contribution in [-0.4, -0.2) is 71.4 Å². The van der Waals surface area contributed by atoms with Gasteiger partial charge < -0.3 is 24.8 Å². The zero-order valence-electron chi connectivity index (χ0n) is 24.8. The fourth-order valence-corrected chi connectivity index (χ4v) is 5.03. The van der Waals surface area contributed by atoms with Crippen molar-refractivity contribution in [2.45, 2.75) is 70.1 Å². The summed E-state index contributed by atoms with van der Waals surface area (Å²) >= 11 is 0. The summed E-state index contributed by atoms with van der Waals surface area (Å²) in [6.07, 6.45) is 7.05. The molecule has 14 heteroatoms. The van der Waals surface area contributed by atoms with Crippen molar-refractivity contribution in [1.29, 1.82) is 0 Å². The largest absolute Gasteiger partial charge is 0.489 e. The van der Waals surface area contributed by atoms with E-state index in [9.17, 15) is 18.0 Å². The van der Waals surface area contributed by atoms with E-state index in [0.29, 0.717) is 52.7 Å². The van der Waals surface area contributed by atoms with Crippen LogP contribution in [0.25, 0.3) is 0 Å². The molecule has 43 heavy (non-hydrogen) atoms. The van der Waals surface area contributed by atoms with E-state index < -0.39 is 16.1 Å². The predicted octanol–water partition coefficient (Wildman–Crippen LogP) is 4.77. The highest BCUT2D eigenvalue weighted by atomic mass is 32.2. The number of anilines is 3. The van der Waals surface area contributed by atoms with E-state index in [-0.39, 0.29) is 17.4 Å². The molecule has 2 fully saturated rings. The highest BCUT2D eigenvalue weighted by Gasteiger charge is 2.39. The lowest BCUT2D eigenvalue weighted by Crippen LogP contribution is -2.43. The van der Waals surface area contributed by atoms with E-state index in [0.717, 1.165) is 12.8 Å². The number of nitrogens with one attached hydrogen (secondary N) is 3. The Morgan fingerprint density at radius 2 is 1.58 bits per heavy atom. The average molecular weight is 615 g/mol. The quantitative estimate of drug-likeness (QED) is 0.283. The van der Waals surface area contributed by atoms with E-state index in [1.165, 1.54) is 12.8 Å². The minimum absolute atomic E-state index is 0.191. The maximum Gasteiger partial charge on any atom is 0.324 e. The second-order valence-electron chi connectivity index (χ2n) is 11.8. The van der Waals surface area contributed by atoms with Crippen LogP contribution in [-0.2, 0) is 15.5 Å². The molecular formula is C29H38N6O7S. The molecule has 2 aromatic heterocycles. The van der Waals surface area contributed by atoms with E-state index in [1.807, 2.05) is 20.8 Å². The Kier molecular flexibility index (Phi) is 9.72. The van der Waals surface area contributed by atoms with Gasteiger partial charge in [0.2, 0.25) is 0 Å². The molecule has 2 aliphatic heterocycles. The number of amides is 3. The molecule has 0 saturated carbocycles. The Hall–Kier alpha value is -4.01. The number of carbonyl (C=O) groups is 2. The Bertz CT molecular complexity index is 1500. The lowest BCUT2D eigenvalue weighted by Gasteiger charge is -2.36. The van der Waals surface area contributed by atoms with Gasteiger partial charge in [-0.25, -0.2) is 9.78 Å². The van der Waals surface area contributed by atoms with Crippen LogP contribution in [0.3, 0.4) is 0 Å². The molecule has 2 bridgehead atoms. The van der Waals surface area contributed by atoms with Gasteiger partial charge in [-0.3, -0.25) is 14.7 Å². The molecule has 0 aliphatic carbocycles. The maximum absolute atomic E-state index is 12.7. The molecule has 4 N–H and O–H groups in total. The minimum atomic E-state index is -3.67. The van der Waals surface area contributed by atoms with E-state index in [2.05, 4.69) is 38.0 Å². The fraction of sp³-hybridized carbons (Fsp3) is 0.448. The van der Waals surface area contributed by atoms with Gasteiger partial charge in [-0.05, 0) is 69.1 Å². The van der Waals surface area contributed by atoms with Gasteiger partial charge in [-0.1, -0.05) is 25.9 Å². The lowest BCUT2D eigenvalue weighted by molar-refractivity contribution is 0.0659. The van der Waals surface area contributed by atoms with Crippen LogP contribution in [0.15, 0.2) is 53.2 Å². The molecule has 4 heterocycles. The van der Waals surface area contributed by atoms with Crippen molar-refractivity contribution in [3.05, 3.63) is 60.1 Å². The number of fused-ring (bicyclic) bond motifs is 2. The summed E-state index contributed by atoms with van der Waals surface area (Å²) in [5.74, 6) is 1.37. The molecule has 2 saturated heterocycles. The van der Waals surface area contributed by atoms with E-state index in [4.69, 9.17) is 13.8 Å². The first kappa shape index (κ1) is 31.9. The van der Waals surface area contributed by atoms with Crippen molar-refractivity contribution < 1.29 is 31.8 Å². The number of benzene rings is 1. The van der Waals surface area contributed by atoms with E-state index >= 15 is 0 Å². The van der Waals surface area contributed by atoms with Gasteiger partial charge in [0.25, 0.3) is 16.0 Å². The molecule has 0 radical (unpaired) electrons. The van der Waals surface area contributed by atoms with Crippen molar-refractivity contribution in [2.24, 2.45) is 0 Å². The van der Waals surface area contributed by atoms with Crippen molar-refractivity contribution in [3.63, 3.8) is 0 Å². The summed E-state index contributed by atoms with van der Waals surface area (Å²) < 4.78 is 37.3. The number of urea groups is 1. The van der Waals surface area contributed by atoms with Gasteiger partial charge in [0.05, 0.1) is 12.5 Å². The maximum atomic E-state index is 12.7. The zero-order chi connectivity index (χ0) is 31.4. The Labute approximate surface area is 251 Å². The molecule has 5 rings (SSSR count). The van der Waals surface area contributed by atoms with Gasteiger partial charge in [0.1, 0.15) is 23.3 Å². The van der Waals surface area contributed by atoms with Crippen LogP contribution in [0.2, 0.25) is 0 Å². The smallest absolute Gasteiger partial charge is 0.324 e. The molecule has 0 unspecified atom stereocenters. The summed E-state index contributed by atoms with van der Waals surface area (Å²) in [7, 11) is -1.46. The Morgan fingerprint density at radius 1 is 1.00 bits per heavy atom. The first-order chi connectivity index (χ1) is 20.1. The third-order valence-electron chi connectivity index (χ3n) is 7.22. The fourth-order valence-electron chi connectivity index (χ4n) is 5.03. The number of carbonyl (C=O) groups excluding carboxylic acids is 2. The van der Waals surface area contributed by atoms with Gasteiger partial charge in [0, 0.05) is 34.9 Å². The number of rotatable bonds is 6. The molecule has 13 nitrogen and oxygen atoms in total. The van der Waals surface area contributed by atoms with Gasteiger partial charge in [-0.15, -0.1) is 0 Å². The van der Waals surface area contributed by atoms with Crippen molar-refractivity contribution in [3.8, 4) is 5.75 Å². The molecule has 0 spiro atoms. The van der Waals surface area contributed by atoms with Crippen molar-refractivity contribution >= 4 is 39.2 Å². The topological polar surface area (TPSA) is 176 Å². The first-order valence-corrected chi connectivity index (χ1v) is 15.7. The summed E-state index contributed by atoms with van der Waals surface area (Å²) in [5.41, 5.74) is 1.23. The van der Waals surface area contributed by atoms with Crippen LogP contribution in [0, 0.1) is 0 Å². The molecule has 232 valence electrons. The third kappa shape index (κ3) is 9.49. The highest BCUT2D eigenvalue weighted by molar-refractivity contribution is 7.85. The minimum Gasteiger partial charge on any atom is -0.489 e. The molecule has 1 aromatic carbocycles. The van der Waals surface area contributed by atoms with Crippen LogP contribution >= 0.6 is 0 Å². The van der Waals surface area contributed by atoms with Crippen molar-refractivity contribution in [1.82, 2.24) is 15.0 Å². The number of nitrogens with zero attached hydrogens (tertiary/aromatic N) is 3. The van der Waals surface area contributed by atoms with E-state index in [1.54, 1.807) is 48.7 Å². The van der Waals surface area contributed by atoms with Crippen LogP contribution in [0.4, 0.5) is 22.0 Å². The molecule has 2 aliphatic rings. The predicted molar refractivity (Wildman–Crippen MR) is 162 cm³/mol. The van der Waals surface area contributed by atoms with Gasteiger partial charge in [0.15, 0.2) is 5.82 Å². The number of piperidine rings is 1. The Balaban J connectivity index is 0.000000782. The average Bonchev–Trinajstić information content (AvgIpc) is 3.45. The molecule has 2 atom stereocenters. The van der Waals surface area contributed by atoms with Gasteiger partial charge >= 0.3 is 6.03 Å². The number of aromatic nitrogens is 2. The summed E-state index contributed by atoms with van der Waals surface area (Å²) in [5, 5.41) is 12.1. The standard InChI is InChI=1S/C28H34N6O4.CH4O3S/c1-28(2,3)24-15-25(33-38-24)32-27(36)31-18-7-5-17(6-8-18)30-26(35)23-12-11-21(16-29-23)37-22-13-19-9-10-20(14-22)34(19)4;1-5(2,3)4/h5-8,11-12,15-16,19-20,22H,9-10,13-14H2,1-4H3,(H,30,35)(H2,31,32,33,36);1H3,(H,2,3,4)/t19-,20-;/m1./s1. The number of hydrogen-bond donors (Lipinski definition) is 4. The number of hydrogen-bond acceptors (Lipinski definition) is 9. The summed E-state index contributed by atoms with van der Waals surface area (Å²) in [6.45, 7) is 5.99. The summed E-state index contributed by atoms with van der Waals surface area (Å²) in [4.78, 5) is 31.7. The lowest BCUT2D eigenvalue weighted by atomic mass is 9.93. The molecular weight excluding hydrogens is 576 g/mol. The normalized spacial score (nSPS) is 20.0. The zero-order valence-corrected chi connectivity index (χ0v) is 25.6. The van der Waals surface area contributed by atoms with Gasteiger partial charge in [-0.2, -0.15) is 8.42 Å². The highest BCUT2D eigenvalue weighted by Crippen LogP contribution is 2.35. The number of ether oxygens (including phenoxy) is 1. The first-order valence-electron chi connectivity index (χ1n) is 13.9. The second kappa shape index (κ2) is 13.1. The monoisotopic (exact) mass is 614 g/mol. The Morgan fingerprint density at radius 3 is 2.09 bits per heavy atom. The van der Waals surface area contributed by atoms with Crippen LogP contribution in [0.1, 0.15) is 62.7 Å². The third-order valence-corrected chi connectivity index (χ3v) is 7.22. The van der Waals surface area contributed by atoms with Crippen LogP contribution in [0.5, 0.6) is 5.75 Å². The number of pyridine rings is 1. The SMILES string of the molecule is CN1[C@@H]2CC[C@@H]1CC(Oc1ccc(C(=O)Nc3ccc(NC(=O)Nc4cc(C(C)(C)C)on4)cc3)nc1)C2.CS(=O)(=O)O.